The summed E-state index contributed by atoms with van der Waals surface area (Å²) in [5.74, 6) is 0.129. The zero-order chi connectivity index (χ0) is 17.9. The number of allylic oxidation sites excluding steroid dienone is 2. The highest BCUT2D eigenvalue weighted by atomic mass is 35.5. The van der Waals surface area contributed by atoms with Crippen LogP contribution in [0.4, 0.5) is 0 Å². The number of nitrogens with zero attached hydrogens (tertiary/aromatic N) is 1. The molecule has 26 heavy (non-hydrogen) atoms. The molecule has 1 aromatic carbocycles. The Morgan fingerprint density at radius 1 is 1.15 bits per heavy atom. The van der Waals surface area contributed by atoms with Crippen molar-refractivity contribution in [1.82, 2.24) is 0 Å². The maximum atomic E-state index is 13.2. The van der Waals surface area contributed by atoms with Gasteiger partial charge >= 0.3 is 0 Å². The summed E-state index contributed by atoms with van der Waals surface area (Å²) in [7, 11) is -3.34. The fourth-order valence-corrected chi connectivity index (χ4v) is 6.05. The molecule has 0 radical (unpaired) electrons. The summed E-state index contributed by atoms with van der Waals surface area (Å²) in [6.07, 6.45) is 10.4. The Balaban J connectivity index is 0.00000243. The molecule has 1 aromatic rings. The van der Waals surface area contributed by atoms with E-state index in [0.29, 0.717) is 4.90 Å². The van der Waals surface area contributed by atoms with E-state index >= 15 is 0 Å². The van der Waals surface area contributed by atoms with Gasteiger partial charge in [-0.3, -0.25) is 4.99 Å². The molecule has 3 rings (SSSR count). The van der Waals surface area contributed by atoms with Gasteiger partial charge in [0, 0.05) is 5.56 Å². The maximum Gasteiger partial charge on any atom is 0.181 e. The summed E-state index contributed by atoms with van der Waals surface area (Å²) >= 11 is 0. The van der Waals surface area contributed by atoms with E-state index < -0.39 is 15.4 Å². The molecule has 1 unspecified atom stereocenters. The Kier molecular flexibility index (Phi) is 7.09. The number of unbranched alkanes of at least 4 members (excludes halogenated alkanes) is 1. The molecule has 0 amide bonds. The first-order valence-electron chi connectivity index (χ1n) is 9.63. The molecule has 5 heteroatoms. The smallest absolute Gasteiger partial charge is 0.181 e. The molecule has 0 saturated heterocycles. The van der Waals surface area contributed by atoms with Crippen LogP contribution in [0.2, 0.25) is 0 Å². The minimum absolute atomic E-state index is 0. The molecule has 0 bridgehead atoms. The Morgan fingerprint density at radius 2 is 1.92 bits per heavy atom. The van der Waals surface area contributed by atoms with E-state index in [1.54, 1.807) is 6.07 Å². The van der Waals surface area contributed by atoms with Gasteiger partial charge in [0.2, 0.25) is 0 Å². The van der Waals surface area contributed by atoms with Gasteiger partial charge in [0.05, 0.1) is 21.9 Å². The van der Waals surface area contributed by atoms with E-state index in [1.165, 1.54) is 12.0 Å². The molecule has 0 aromatic heterocycles. The van der Waals surface area contributed by atoms with E-state index in [0.717, 1.165) is 56.2 Å². The lowest BCUT2D eigenvalue weighted by Gasteiger charge is -2.28. The molecule has 0 N–H and O–H groups in total. The SMILES string of the molecule is CCCCC1(CC)CS(=O)(=O)c2ccccc2C(C2=CCCCC2)=N1.Cl. The van der Waals surface area contributed by atoms with Gasteiger partial charge in [-0.25, -0.2) is 8.42 Å². The zero-order valence-corrected chi connectivity index (χ0v) is 17.5. The number of fused-ring (bicyclic) bond motifs is 1. The molecule has 2 aliphatic rings. The fourth-order valence-electron chi connectivity index (χ4n) is 3.98. The number of hydrogen-bond donors (Lipinski definition) is 0. The van der Waals surface area contributed by atoms with Crippen LogP contribution < -0.4 is 0 Å². The molecule has 0 spiro atoms. The lowest BCUT2D eigenvalue weighted by molar-refractivity contribution is 0.407. The second-order valence-corrected chi connectivity index (χ2v) is 9.33. The average molecular weight is 396 g/mol. The summed E-state index contributed by atoms with van der Waals surface area (Å²) < 4.78 is 26.3. The number of halogens is 1. The van der Waals surface area contributed by atoms with Crippen LogP contribution in [0.1, 0.15) is 70.8 Å². The van der Waals surface area contributed by atoms with Crippen molar-refractivity contribution < 1.29 is 8.42 Å². The second-order valence-electron chi connectivity index (χ2n) is 7.37. The van der Waals surface area contributed by atoms with E-state index in [1.807, 2.05) is 18.2 Å². The normalized spacial score (nSPS) is 24.5. The third-order valence-electron chi connectivity index (χ3n) is 5.53. The summed E-state index contributed by atoms with van der Waals surface area (Å²) in [5.41, 5.74) is 2.49. The highest BCUT2D eigenvalue weighted by Crippen LogP contribution is 2.36. The van der Waals surface area contributed by atoms with Gasteiger partial charge < -0.3 is 0 Å². The number of rotatable bonds is 5. The monoisotopic (exact) mass is 395 g/mol. The lowest BCUT2D eigenvalue weighted by atomic mass is 9.88. The van der Waals surface area contributed by atoms with Crippen LogP contribution in [0.3, 0.4) is 0 Å². The topological polar surface area (TPSA) is 46.5 Å². The summed E-state index contributed by atoms with van der Waals surface area (Å²) in [5, 5.41) is 0. The van der Waals surface area contributed by atoms with Crippen molar-refractivity contribution in [2.24, 2.45) is 4.99 Å². The third-order valence-corrected chi connectivity index (χ3v) is 7.48. The predicted octanol–water partition coefficient (Wildman–Crippen LogP) is 5.52. The number of aliphatic imine (C=N–C) groups is 1. The van der Waals surface area contributed by atoms with Crippen molar-refractivity contribution in [2.45, 2.75) is 75.6 Å². The van der Waals surface area contributed by atoms with E-state index in [-0.39, 0.29) is 18.2 Å². The molecule has 0 saturated carbocycles. The van der Waals surface area contributed by atoms with E-state index in [2.05, 4.69) is 19.9 Å². The fraction of sp³-hybridized carbons (Fsp3) is 0.571. The zero-order valence-electron chi connectivity index (χ0n) is 15.8. The molecule has 144 valence electrons. The maximum absolute atomic E-state index is 13.2. The standard InChI is InChI=1S/C21H29NO2S.ClH/c1-3-5-15-21(4-2)16-25(23,24)19-14-10-9-13-18(19)20(22-21)17-11-7-6-8-12-17;/h9-11,13-14H,3-8,12,15-16H2,1-2H3;1H. The van der Waals surface area contributed by atoms with Crippen molar-refractivity contribution in [3.63, 3.8) is 0 Å². The molecule has 1 heterocycles. The van der Waals surface area contributed by atoms with Gasteiger partial charge in [-0.05, 0) is 50.2 Å². The third kappa shape index (κ3) is 4.23. The lowest BCUT2D eigenvalue weighted by Crippen LogP contribution is -2.34. The summed E-state index contributed by atoms with van der Waals surface area (Å²) in [6.45, 7) is 4.23. The van der Waals surface area contributed by atoms with E-state index in [9.17, 15) is 8.42 Å². The van der Waals surface area contributed by atoms with Gasteiger partial charge in [0.25, 0.3) is 0 Å². The van der Waals surface area contributed by atoms with Crippen molar-refractivity contribution in [3.8, 4) is 0 Å². The van der Waals surface area contributed by atoms with Gasteiger partial charge in [-0.1, -0.05) is 51.0 Å². The van der Waals surface area contributed by atoms with Crippen molar-refractivity contribution in [3.05, 3.63) is 41.5 Å². The predicted molar refractivity (Wildman–Crippen MR) is 111 cm³/mol. The molecule has 0 fully saturated rings. The molecule has 1 aliphatic carbocycles. The average Bonchev–Trinajstić information content (AvgIpc) is 2.74. The second kappa shape index (κ2) is 8.71. The first-order chi connectivity index (χ1) is 12.0. The van der Waals surface area contributed by atoms with Crippen LogP contribution in [0, 0.1) is 0 Å². The number of sulfone groups is 1. The van der Waals surface area contributed by atoms with Crippen LogP contribution in [0.15, 0.2) is 45.8 Å². The van der Waals surface area contributed by atoms with Gasteiger partial charge in [0.1, 0.15) is 0 Å². The van der Waals surface area contributed by atoms with Gasteiger partial charge in [-0.2, -0.15) is 0 Å². The Bertz CT molecular complexity index is 798. The Morgan fingerprint density at radius 3 is 2.58 bits per heavy atom. The van der Waals surface area contributed by atoms with Crippen LogP contribution in [0.5, 0.6) is 0 Å². The molecule has 1 atom stereocenters. The minimum Gasteiger partial charge on any atom is -0.277 e. The van der Waals surface area contributed by atoms with Crippen molar-refractivity contribution in [2.75, 3.05) is 5.75 Å². The number of benzene rings is 1. The van der Waals surface area contributed by atoms with E-state index in [4.69, 9.17) is 4.99 Å². The molecular formula is C21H30ClNO2S. The molecular weight excluding hydrogens is 366 g/mol. The Hall–Kier alpha value is -1.13. The quantitative estimate of drug-likeness (QED) is 0.658. The van der Waals surface area contributed by atoms with Crippen molar-refractivity contribution >= 4 is 28.0 Å². The largest absolute Gasteiger partial charge is 0.277 e. The summed E-state index contributed by atoms with van der Waals surface area (Å²) in [4.78, 5) is 5.66. The van der Waals surface area contributed by atoms with Crippen LogP contribution >= 0.6 is 12.4 Å². The molecule has 1 aliphatic heterocycles. The van der Waals surface area contributed by atoms with Crippen LogP contribution in [-0.4, -0.2) is 25.4 Å². The van der Waals surface area contributed by atoms with Gasteiger partial charge in [-0.15, -0.1) is 12.4 Å². The van der Waals surface area contributed by atoms with Crippen LogP contribution in [0.25, 0.3) is 0 Å². The first-order valence-corrected chi connectivity index (χ1v) is 11.3. The summed E-state index contributed by atoms with van der Waals surface area (Å²) in [6, 6.07) is 7.45. The van der Waals surface area contributed by atoms with Crippen molar-refractivity contribution in [1.29, 1.82) is 0 Å². The Labute approximate surface area is 164 Å². The molecule has 3 nitrogen and oxygen atoms in total. The number of hydrogen-bond acceptors (Lipinski definition) is 3. The first kappa shape index (κ1) is 21.2. The van der Waals surface area contributed by atoms with Crippen LogP contribution in [-0.2, 0) is 9.84 Å². The van der Waals surface area contributed by atoms with Gasteiger partial charge in [0.15, 0.2) is 9.84 Å². The minimum atomic E-state index is -3.34. The highest BCUT2D eigenvalue weighted by Gasteiger charge is 2.39. The highest BCUT2D eigenvalue weighted by molar-refractivity contribution is 7.91.